The number of carbonyl (C=O) groups is 1. The number of carboxylic acid groups (broad SMARTS) is 1. The molecule has 24 heavy (non-hydrogen) atoms. The van der Waals surface area contributed by atoms with Crippen LogP contribution in [0.3, 0.4) is 0 Å². The van der Waals surface area contributed by atoms with Crippen molar-refractivity contribution >= 4 is 12.0 Å². The quantitative estimate of drug-likeness (QED) is 0.645. The van der Waals surface area contributed by atoms with Gasteiger partial charge in [-0.15, -0.1) is 0 Å². The average molecular weight is 328 g/mol. The summed E-state index contributed by atoms with van der Waals surface area (Å²) in [5.41, 5.74) is 2.64. The van der Waals surface area contributed by atoms with E-state index in [1.54, 1.807) is 37.4 Å². The summed E-state index contributed by atoms with van der Waals surface area (Å²) in [5, 5.41) is 9.41. The fraction of sp³-hybridized carbons (Fsp3) is 0.211. The Morgan fingerprint density at radius 1 is 0.958 bits per heavy atom. The number of carboxylic acids is 1. The largest absolute Gasteiger partial charge is 0.493 e. The lowest BCUT2D eigenvalue weighted by Gasteiger charge is -2.10. The molecule has 0 saturated carbocycles. The van der Waals surface area contributed by atoms with E-state index in [0.717, 1.165) is 11.1 Å². The molecule has 0 spiro atoms. The van der Waals surface area contributed by atoms with Crippen LogP contribution in [0.5, 0.6) is 17.2 Å². The topological polar surface area (TPSA) is 65.0 Å². The summed E-state index contributed by atoms with van der Waals surface area (Å²) in [4.78, 5) is 11.5. The van der Waals surface area contributed by atoms with E-state index < -0.39 is 5.97 Å². The molecular weight excluding hydrogens is 308 g/mol. The first-order valence-electron chi connectivity index (χ1n) is 7.36. The smallest absolute Gasteiger partial charge is 0.371 e. The van der Waals surface area contributed by atoms with Crippen LogP contribution in [-0.2, 0) is 4.79 Å². The normalized spacial score (nSPS) is 11.1. The van der Waals surface area contributed by atoms with E-state index in [9.17, 15) is 9.90 Å². The lowest BCUT2D eigenvalue weighted by Crippen LogP contribution is -2.08. The second-order valence-corrected chi connectivity index (χ2v) is 5.35. The molecule has 0 aliphatic rings. The number of rotatable bonds is 6. The molecule has 0 fully saturated rings. The van der Waals surface area contributed by atoms with Crippen LogP contribution in [0.1, 0.15) is 16.7 Å². The third-order valence-electron chi connectivity index (χ3n) is 3.34. The van der Waals surface area contributed by atoms with Gasteiger partial charge in [0.25, 0.3) is 0 Å². The van der Waals surface area contributed by atoms with Crippen LogP contribution in [0.2, 0.25) is 0 Å². The molecule has 0 atom stereocenters. The highest BCUT2D eigenvalue weighted by molar-refractivity contribution is 5.90. The molecule has 2 aromatic rings. The molecule has 126 valence electrons. The Balaban J connectivity index is 2.36. The SMILES string of the molecule is COc1ccc(C=C(Oc2cc(C)cc(C)c2)C(=O)O)cc1OC. The van der Waals surface area contributed by atoms with Gasteiger partial charge >= 0.3 is 5.97 Å². The van der Waals surface area contributed by atoms with Crippen LogP contribution in [0.15, 0.2) is 42.2 Å². The summed E-state index contributed by atoms with van der Waals surface area (Å²) < 4.78 is 16.0. The average Bonchev–Trinajstić information content (AvgIpc) is 2.53. The van der Waals surface area contributed by atoms with Gasteiger partial charge in [-0.3, -0.25) is 0 Å². The highest BCUT2D eigenvalue weighted by atomic mass is 16.5. The van der Waals surface area contributed by atoms with Gasteiger partial charge in [-0.2, -0.15) is 0 Å². The van der Waals surface area contributed by atoms with E-state index in [-0.39, 0.29) is 5.76 Å². The van der Waals surface area contributed by atoms with Gasteiger partial charge in [0.15, 0.2) is 11.5 Å². The number of ether oxygens (including phenoxy) is 3. The molecule has 0 radical (unpaired) electrons. The predicted molar refractivity (Wildman–Crippen MR) is 91.7 cm³/mol. The number of methoxy groups -OCH3 is 2. The van der Waals surface area contributed by atoms with Crippen LogP contribution in [-0.4, -0.2) is 25.3 Å². The number of hydrogen-bond acceptors (Lipinski definition) is 4. The third kappa shape index (κ3) is 4.29. The molecule has 0 aromatic heterocycles. The standard InChI is InChI=1S/C19H20O5/c1-12-7-13(2)9-15(8-12)24-18(19(20)21)11-14-5-6-16(22-3)17(10-14)23-4/h5-11H,1-4H3,(H,20,21). The van der Waals surface area contributed by atoms with Gasteiger partial charge in [-0.25, -0.2) is 4.79 Å². The molecule has 0 aliphatic carbocycles. The zero-order valence-corrected chi connectivity index (χ0v) is 14.1. The fourth-order valence-corrected chi connectivity index (χ4v) is 2.35. The second kappa shape index (κ2) is 7.55. The number of aliphatic carboxylic acids is 1. The van der Waals surface area contributed by atoms with Crippen molar-refractivity contribution in [3.8, 4) is 17.2 Å². The van der Waals surface area contributed by atoms with E-state index in [1.807, 2.05) is 19.9 Å². The summed E-state index contributed by atoms with van der Waals surface area (Å²) in [5.74, 6) is 0.252. The van der Waals surface area contributed by atoms with Crippen LogP contribution in [0.4, 0.5) is 0 Å². The zero-order chi connectivity index (χ0) is 17.7. The Labute approximate surface area is 141 Å². The van der Waals surface area contributed by atoms with Crippen molar-refractivity contribution in [2.75, 3.05) is 14.2 Å². The van der Waals surface area contributed by atoms with Gasteiger partial charge in [0.2, 0.25) is 5.76 Å². The minimum Gasteiger partial charge on any atom is -0.493 e. The first-order valence-corrected chi connectivity index (χ1v) is 7.36. The van der Waals surface area contributed by atoms with Crippen molar-refractivity contribution in [2.45, 2.75) is 13.8 Å². The maximum absolute atomic E-state index is 11.5. The highest BCUT2D eigenvalue weighted by Gasteiger charge is 2.12. The van der Waals surface area contributed by atoms with Crippen LogP contribution < -0.4 is 14.2 Å². The minimum atomic E-state index is -1.15. The number of hydrogen-bond donors (Lipinski definition) is 1. The van der Waals surface area contributed by atoms with Crippen molar-refractivity contribution in [1.82, 2.24) is 0 Å². The van der Waals surface area contributed by atoms with Gasteiger partial charge in [0.05, 0.1) is 14.2 Å². The van der Waals surface area contributed by atoms with Crippen LogP contribution in [0.25, 0.3) is 6.08 Å². The third-order valence-corrected chi connectivity index (χ3v) is 3.34. The summed E-state index contributed by atoms with van der Waals surface area (Å²) in [6, 6.07) is 10.7. The fourth-order valence-electron chi connectivity index (χ4n) is 2.35. The van der Waals surface area contributed by atoms with Crippen molar-refractivity contribution in [3.05, 3.63) is 58.8 Å². The Kier molecular flexibility index (Phi) is 5.47. The van der Waals surface area contributed by atoms with E-state index in [4.69, 9.17) is 14.2 Å². The molecule has 0 amide bonds. The molecule has 0 heterocycles. The summed E-state index contributed by atoms with van der Waals surface area (Å²) in [6.07, 6.45) is 1.45. The van der Waals surface area contributed by atoms with Gasteiger partial charge in [0, 0.05) is 0 Å². The first-order chi connectivity index (χ1) is 11.4. The van der Waals surface area contributed by atoms with Crippen molar-refractivity contribution in [3.63, 3.8) is 0 Å². The van der Waals surface area contributed by atoms with Crippen molar-refractivity contribution < 1.29 is 24.1 Å². The van der Waals surface area contributed by atoms with Crippen LogP contribution >= 0.6 is 0 Å². The number of aryl methyl sites for hydroxylation is 2. The molecule has 0 aliphatic heterocycles. The summed E-state index contributed by atoms with van der Waals surface area (Å²) in [7, 11) is 3.06. The van der Waals surface area contributed by atoms with Crippen molar-refractivity contribution in [2.24, 2.45) is 0 Å². The van der Waals surface area contributed by atoms with Gasteiger partial charge in [0.1, 0.15) is 5.75 Å². The minimum absolute atomic E-state index is 0.174. The lowest BCUT2D eigenvalue weighted by molar-refractivity contribution is -0.134. The molecule has 1 N–H and O–H groups in total. The van der Waals surface area contributed by atoms with E-state index in [2.05, 4.69) is 0 Å². The van der Waals surface area contributed by atoms with Crippen molar-refractivity contribution in [1.29, 1.82) is 0 Å². The van der Waals surface area contributed by atoms with E-state index >= 15 is 0 Å². The molecule has 5 heteroatoms. The first kappa shape index (κ1) is 17.4. The lowest BCUT2D eigenvalue weighted by atomic mass is 10.1. The van der Waals surface area contributed by atoms with Gasteiger partial charge in [-0.05, 0) is 60.9 Å². The Morgan fingerprint density at radius 3 is 2.12 bits per heavy atom. The maximum atomic E-state index is 11.5. The molecule has 0 saturated heterocycles. The predicted octanol–water partition coefficient (Wildman–Crippen LogP) is 3.83. The monoisotopic (exact) mass is 328 g/mol. The molecule has 2 rings (SSSR count). The maximum Gasteiger partial charge on any atom is 0.371 e. The Bertz CT molecular complexity index is 757. The highest BCUT2D eigenvalue weighted by Crippen LogP contribution is 2.29. The molecular formula is C19H20O5. The molecule has 2 aromatic carbocycles. The Hall–Kier alpha value is -2.95. The number of benzene rings is 2. The second-order valence-electron chi connectivity index (χ2n) is 5.35. The Morgan fingerprint density at radius 2 is 1.58 bits per heavy atom. The zero-order valence-electron chi connectivity index (χ0n) is 14.1. The van der Waals surface area contributed by atoms with Gasteiger partial charge in [-0.1, -0.05) is 12.1 Å². The molecule has 0 unspecified atom stereocenters. The summed E-state index contributed by atoms with van der Waals surface area (Å²) >= 11 is 0. The summed E-state index contributed by atoms with van der Waals surface area (Å²) in [6.45, 7) is 3.86. The van der Waals surface area contributed by atoms with Gasteiger partial charge < -0.3 is 19.3 Å². The van der Waals surface area contributed by atoms with E-state index in [0.29, 0.717) is 22.8 Å². The molecule has 0 bridgehead atoms. The molecule has 5 nitrogen and oxygen atoms in total. The van der Waals surface area contributed by atoms with E-state index in [1.165, 1.54) is 13.2 Å². The van der Waals surface area contributed by atoms with Crippen LogP contribution in [0, 0.1) is 13.8 Å².